The number of benzene rings is 2. The molecule has 124 valence electrons. The predicted octanol–water partition coefficient (Wildman–Crippen LogP) is 3.63. The molecule has 5 nitrogen and oxygen atoms in total. The normalized spacial score (nSPS) is 15.6. The van der Waals surface area contributed by atoms with Crippen molar-refractivity contribution in [3.05, 3.63) is 76.6 Å². The second-order valence-corrected chi connectivity index (χ2v) is 6.09. The van der Waals surface area contributed by atoms with Crippen LogP contribution in [0.3, 0.4) is 0 Å². The van der Waals surface area contributed by atoms with Gasteiger partial charge in [-0.2, -0.15) is 0 Å². The highest BCUT2D eigenvalue weighted by atomic mass is 35.5. The number of aromatic nitrogens is 1. The largest absolute Gasteiger partial charge is 0.358 e. The zero-order valence-electron chi connectivity index (χ0n) is 13.4. The van der Waals surface area contributed by atoms with Crippen molar-refractivity contribution in [2.24, 2.45) is 4.99 Å². The van der Waals surface area contributed by atoms with Crippen molar-refractivity contribution in [3.8, 4) is 11.1 Å². The molecule has 0 radical (unpaired) electrons. The van der Waals surface area contributed by atoms with Gasteiger partial charge in [0.05, 0.1) is 11.9 Å². The lowest BCUT2D eigenvalue weighted by molar-refractivity contribution is -0.122. The summed E-state index contributed by atoms with van der Waals surface area (Å²) in [5.41, 5.74) is 4.22. The first kappa shape index (κ1) is 15.6. The van der Waals surface area contributed by atoms with Crippen LogP contribution in [0, 0.1) is 0 Å². The summed E-state index contributed by atoms with van der Waals surface area (Å²) < 4.78 is 5.39. The molecule has 1 aliphatic heterocycles. The number of rotatable bonds is 2. The summed E-state index contributed by atoms with van der Waals surface area (Å²) in [7, 11) is 1.58. The van der Waals surface area contributed by atoms with E-state index < -0.39 is 6.04 Å². The lowest BCUT2D eigenvalue weighted by Gasteiger charge is -2.11. The molecule has 25 heavy (non-hydrogen) atoms. The van der Waals surface area contributed by atoms with Gasteiger partial charge in [-0.15, -0.1) is 0 Å². The molecular weight excluding hydrogens is 338 g/mol. The smallest absolute Gasteiger partial charge is 0.252 e. The lowest BCUT2D eigenvalue weighted by atomic mass is 9.94. The van der Waals surface area contributed by atoms with Crippen molar-refractivity contribution in [1.29, 1.82) is 0 Å². The average molecular weight is 352 g/mol. The van der Waals surface area contributed by atoms with Gasteiger partial charge in [0.15, 0.2) is 11.8 Å². The van der Waals surface area contributed by atoms with Crippen molar-refractivity contribution in [2.75, 3.05) is 7.05 Å². The minimum absolute atomic E-state index is 0.253. The van der Waals surface area contributed by atoms with E-state index in [0.717, 1.165) is 22.3 Å². The van der Waals surface area contributed by atoms with Crippen LogP contribution in [0.4, 0.5) is 0 Å². The Bertz CT molecular complexity index is 976. The summed E-state index contributed by atoms with van der Waals surface area (Å²) in [6.45, 7) is 0. The second kappa shape index (κ2) is 6.18. The van der Waals surface area contributed by atoms with E-state index in [-0.39, 0.29) is 5.91 Å². The SMILES string of the molecule is CNC(=O)C1N=C(c2ccc(Cl)cc2)c2ccccc2-c2cnoc21. The Kier molecular flexibility index (Phi) is 3.86. The number of likely N-dealkylation sites (N-methyl/N-ethyl adjacent to an activating group) is 1. The van der Waals surface area contributed by atoms with Crippen molar-refractivity contribution in [1.82, 2.24) is 10.5 Å². The number of nitrogens with one attached hydrogen (secondary N) is 1. The molecule has 2 heterocycles. The summed E-state index contributed by atoms with van der Waals surface area (Å²) in [4.78, 5) is 17.2. The zero-order valence-corrected chi connectivity index (χ0v) is 14.1. The van der Waals surface area contributed by atoms with Crippen LogP contribution in [0.5, 0.6) is 0 Å². The minimum atomic E-state index is -0.805. The lowest BCUT2D eigenvalue weighted by Crippen LogP contribution is -2.25. The summed E-state index contributed by atoms with van der Waals surface area (Å²) >= 11 is 6.01. The molecule has 0 bridgehead atoms. The summed E-state index contributed by atoms with van der Waals surface area (Å²) in [6.07, 6.45) is 1.63. The molecule has 1 aliphatic rings. The molecule has 1 amide bonds. The van der Waals surface area contributed by atoms with Gasteiger partial charge in [0, 0.05) is 28.8 Å². The van der Waals surface area contributed by atoms with E-state index in [9.17, 15) is 4.79 Å². The van der Waals surface area contributed by atoms with E-state index in [1.807, 2.05) is 36.4 Å². The standard InChI is InChI=1S/C19H14ClN3O2/c1-21-19(24)17-18-15(10-22-25-18)13-4-2-3-5-14(13)16(23-17)11-6-8-12(20)9-7-11/h2-10,17H,1H3,(H,21,24). The Morgan fingerprint density at radius 1 is 1.08 bits per heavy atom. The number of amides is 1. The molecule has 1 unspecified atom stereocenters. The number of aliphatic imine (C=N–C) groups is 1. The van der Waals surface area contributed by atoms with Crippen LogP contribution in [0.25, 0.3) is 11.1 Å². The van der Waals surface area contributed by atoms with Crippen LogP contribution in [0.15, 0.2) is 64.2 Å². The number of hydrogen-bond acceptors (Lipinski definition) is 4. The van der Waals surface area contributed by atoms with Gasteiger partial charge in [0.1, 0.15) is 0 Å². The maximum atomic E-state index is 12.4. The molecule has 1 aromatic heterocycles. The third-order valence-electron chi connectivity index (χ3n) is 4.19. The van der Waals surface area contributed by atoms with E-state index in [2.05, 4.69) is 10.5 Å². The molecule has 4 rings (SSSR count). The fourth-order valence-electron chi connectivity index (χ4n) is 2.98. The van der Waals surface area contributed by atoms with Gasteiger partial charge < -0.3 is 9.84 Å². The van der Waals surface area contributed by atoms with E-state index in [4.69, 9.17) is 21.1 Å². The number of nitrogens with zero attached hydrogens (tertiary/aromatic N) is 2. The molecule has 0 fully saturated rings. The number of halogens is 1. The molecule has 0 saturated carbocycles. The van der Waals surface area contributed by atoms with Gasteiger partial charge in [0.25, 0.3) is 5.91 Å². The zero-order chi connectivity index (χ0) is 17.4. The first-order valence-electron chi connectivity index (χ1n) is 7.78. The minimum Gasteiger partial charge on any atom is -0.358 e. The Morgan fingerprint density at radius 2 is 1.80 bits per heavy atom. The Labute approximate surface area is 149 Å². The molecule has 2 aromatic carbocycles. The van der Waals surface area contributed by atoms with Crippen molar-refractivity contribution in [3.63, 3.8) is 0 Å². The quantitative estimate of drug-likeness (QED) is 0.766. The fourth-order valence-corrected chi connectivity index (χ4v) is 3.11. The van der Waals surface area contributed by atoms with Gasteiger partial charge in [-0.3, -0.25) is 9.79 Å². The highest BCUT2D eigenvalue weighted by molar-refractivity contribution is 6.30. The van der Waals surface area contributed by atoms with Gasteiger partial charge >= 0.3 is 0 Å². The number of carbonyl (C=O) groups excluding carboxylic acids is 1. The van der Waals surface area contributed by atoms with Crippen LogP contribution < -0.4 is 5.32 Å². The molecule has 6 heteroatoms. The van der Waals surface area contributed by atoms with E-state index in [1.54, 1.807) is 25.4 Å². The van der Waals surface area contributed by atoms with Gasteiger partial charge in [-0.1, -0.05) is 53.2 Å². The van der Waals surface area contributed by atoms with Crippen molar-refractivity contribution in [2.45, 2.75) is 6.04 Å². The maximum Gasteiger partial charge on any atom is 0.252 e. The Hall–Kier alpha value is -2.92. The maximum absolute atomic E-state index is 12.4. The fraction of sp³-hybridized carbons (Fsp3) is 0.105. The van der Waals surface area contributed by atoms with E-state index in [0.29, 0.717) is 16.5 Å². The van der Waals surface area contributed by atoms with Crippen LogP contribution in [-0.2, 0) is 4.79 Å². The summed E-state index contributed by atoms with van der Waals surface area (Å²) in [6, 6.07) is 14.4. The summed E-state index contributed by atoms with van der Waals surface area (Å²) in [5, 5.41) is 7.17. The van der Waals surface area contributed by atoms with Gasteiger partial charge in [0.2, 0.25) is 0 Å². The van der Waals surface area contributed by atoms with Crippen LogP contribution >= 0.6 is 11.6 Å². The van der Waals surface area contributed by atoms with Crippen molar-refractivity contribution < 1.29 is 9.32 Å². The number of fused-ring (bicyclic) bond motifs is 3. The number of carbonyl (C=O) groups is 1. The van der Waals surface area contributed by atoms with Crippen molar-refractivity contribution >= 4 is 23.2 Å². The molecule has 0 aliphatic carbocycles. The van der Waals surface area contributed by atoms with E-state index >= 15 is 0 Å². The first-order chi connectivity index (χ1) is 12.2. The van der Waals surface area contributed by atoms with Crippen LogP contribution in [0.1, 0.15) is 22.9 Å². The van der Waals surface area contributed by atoms with E-state index in [1.165, 1.54) is 0 Å². The third-order valence-corrected chi connectivity index (χ3v) is 4.44. The van der Waals surface area contributed by atoms with Gasteiger partial charge in [-0.25, -0.2) is 0 Å². The third kappa shape index (κ3) is 2.62. The van der Waals surface area contributed by atoms with Crippen LogP contribution in [0.2, 0.25) is 5.02 Å². The molecule has 0 saturated heterocycles. The molecular formula is C19H14ClN3O2. The topological polar surface area (TPSA) is 67.5 Å². The highest BCUT2D eigenvalue weighted by Crippen LogP contribution is 2.37. The Balaban J connectivity index is 2.00. The molecule has 3 aromatic rings. The second-order valence-electron chi connectivity index (χ2n) is 5.65. The molecule has 1 atom stereocenters. The van der Waals surface area contributed by atoms with Crippen LogP contribution in [-0.4, -0.2) is 23.8 Å². The monoisotopic (exact) mass is 351 g/mol. The highest BCUT2D eigenvalue weighted by Gasteiger charge is 2.32. The Morgan fingerprint density at radius 3 is 2.52 bits per heavy atom. The predicted molar refractivity (Wildman–Crippen MR) is 95.8 cm³/mol. The molecule has 1 N–H and O–H groups in total. The number of hydrogen-bond donors (Lipinski definition) is 1. The molecule has 0 spiro atoms. The first-order valence-corrected chi connectivity index (χ1v) is 8.16. The van der Waals surface area contributed by atoms with Gasteiger partial charge in [-0.05, 0) is 17.7 Å². The summed E-state index contributed by atoms with van der Waals surface area (Å²) in [5.74, 6) is 0.188. The average Bonchev–Trinajstić information content (AvgIpc) is 3.08.